The topological polar surface area (TPSA) is 58.9 Å². The van der Waals surface area contributed by atoms with Gasteiger partial charge in [0.15, 0.2) is 6.79 Å². The lowest BCUT2D eigenvalue weighted by molar-refractivity contribution is -0.0121. The van der Waals surface area contributed by atoms with Crippen LogP contribution in [0.1, 0.15) is 77.6 Å². The van der Waals surface area contributed by atoms with Crippen molar-refractivity contribution in [1.82, 2.24) is 0 Å². The van der Waals surface area contributed by atoms with Gasteiger partial charge in [0.1, 0.15) is 5.76 Å². The van der Waals surface area contributed by atoms with E-state index < -0.39 is 0 Å². The monoisotopic (exact) mass is 560 g/mol. The van der Waals surface area contributed by atoms with E-state index >= 15 is 0 Å². The Kier molecular flexibility index (Phi) is 12.5. The molecule has 4 nitrogen and oxygen atoms in total. The second-order valence-corrected chi connectivity index (χ2v) is 12.5. The first-order chi connectivity index (χ1) is 20.0. The van der Waals surface area contributed by atoms with Gasteiger partial charge in [0, 0.05) is 11.8 Å². The zero-order valence-corrected chi connectivity index (χ0v) is 25.2. The molecule has 4 heteroatoms. The summed E-state index contributed by atoms with van der Waals surface area (Å²) in [5.74, 6) is 3.88. The van der Waals surface area contributed by atoms with E-state index in [9.17, 15) is 5.11 Å². The van der Waals surface area contributed by atoms with Crippen LogP contribution in [0.15, 0.2) is 95.4 Å². The van der Waals surface area contributed by atoms with E-state index in [2.05, 4.69) is 62.6 Å². The van der Waals surface area contributed by atoms with Crippen molar-refractivity contribution in [3.8, 4) is 0 Å². The largest absolute Gasteiger partial charge is 0.468 e. The number of rotatable bonds is 15. The van der Waals surface area contributed by atoms with E-state index in [1.165, 1.54) is 68.9 Å². The standard InChI is InChI=1S/C37H52O4/c1-4-5-6-7-29-8-10-30(11-9-29)31-12-14-32(15-13-31)33-16-18-34(19-17-33)36-20-35(28(3)24-39)21-37(22-36)41-26-40-25-27(2)23-38/h12,14-16,18-19,21-22,29-31,33,36,38-39H,2-11,13,17,20,23-26H2,1H3. The summed E-state index contributed by atoms with van der Waals surface area (Å²) >= 11 is 0. The summed E-state index contributed by atoms with van der Waals surface area (Å²) in [6, 6.07) is 0. The Morgan fingerprint density at radius 3 is 2.34 bits per heavy atom. The highest BCUT2D eigenvalue weighted by Crippen LogP contribution is 2.41. The zero-order valence-electron chi connectivity index (χ0n) is 25.2. The fourth-order valence-electron chi connectivity index (χ4n) is 6.79. The SMILES string of the molecule is C=C(CO)COCOC1=CC(C2=CCC(C3=CCC(C4CCC(CCCCC)CC4)C=C3)C=C2)CC(C(=C)CO)=C1. The van der Waals surface area contributed by atoms with Gasteiger partial charge in [-0.25, -0.2) is 0 Å². The summed E-state index contributed by atoms with van der Waals surface area (Å²) in [5, 5.41) is 18.8. The molecule has 0 bridgehead atoms. The molecule has 0 heterocycles. The van der Waals surface area contributed by atoms with Crippen molar-refractivity contribution in [3.63, 3.8) is 0 Å². The lowest BCUT2D eigenvalue weighted by atomic mass is 9.71. The van der Waals surface area contributed by atoms with Gasteiger partial charge in [0.25, 0.3) is 0 Å². The Morgan fingerprint density at radius 1 is 0.927 bits per heavy atom. The molecule has 2 N–H and O–H groups in total. The van der Waals surface area contributed by atoms with Crippen molar-refractivity contribution in [2.45, 2.75) is 77.6 Å². The van der Waals surface area contributed by atoms with Crippen LogP contribution in [-0.2, 0) is 9.47 Å². The van der Waals surface area contributed by atoms with Gasteiger partial charge in [-0.3, -0.25) is 0 Å². The van der Waals surface area contributed by atoms with Gasteiger partial charge in [-0.1, -0.05) is 95.1 Å². The number of aliphatic hydroxyl groups is 2. The third-order valence-corrected chi connectivity index (χ3v) is 9.46. The summed E-state index contributed by atoms with van der Waals surface area (Å²) in [4.78, 5) is 0. The first kappa shape index (κ1) is 31.5. The molecular formula is C37H52O4. The van der Waals surface area contributed by atoms with Gasteiger partial charge in [0.2, 0.25) is 0 Å². The molecule has 1 saturated carbocycles. The lowest BCUT2D eigenvalue weighted by Gasteiger charge is -2.34. The van der Waals surface area contributed by atoms with E-state index in [0.717, 1.165) is 41.9 Å². The second kappa shape index (κ2) is 16.3. The molecule has 4 aliphatic carbocycles. The fourth-order valence-corrected chi connectivity index (χ4v) is 6.79. The maximum atomic E-state index is 9.70. The Hall–Kier alpha value is -2.40. The van der Waals surface area contributed by atoms with Crippen LogP contribution in [0.3, 0.4) is 0 Å². The van der Waals surface area contributed by atoms with Gasteiger partial charge >= 0.3 is 0 Å². The molecule has 0 radical (unpaired) electrons. The Balaban J connectivity index is 1.28. The highest BCUT2D eigenvalue weighted by molar-refractivity contribution is 5.44. The summed E-state index contributed by atoms with van der Waals surface area (Å²) < 4.78 is 11.4. The van der Waals surface area contributed by atoms with Crippen molar-refractivity contribution >= 4 is 0 Å². The number of ether oxygens (including phenoxy) is 2. The number of unbranched alkanes of at least 4 members (excludes halogenated alkanes) is 2. The molecule has 0 aliphatic heterocycles. The van der Waals surface area contributed by atoms with Crippen molar-refractivity contribution in [1.29, 1.82) is 0 Å². The molecule has 3 unspecified atom stereocenters. The molecule has 0 amide bonds. The maximum Gasteiger partial charge on any atom is 0.189 e. The van der Waals surface area contributed by atoms with E-state index in [-0.39, 0.29) is 32.5 Å². The predicted octanol–water partition coefficient (Wildman–Crippen LogP) is 8.30. The third kappa shape index (κ3) is 9.30. The van der Waals surface area contributed by atoms with Crippen LogP contribution in [-0.4, -0.2) is 36.8 Å². The molecule has 0 aromatic heterocycles. The third-order valence-electron chi connectivity index (χ3n) is 9.46. The summed E-state index contributed by atoms with van der Waals surface area (Å²) in [7, 11) is 0. The summed E-state index contributed by atoms with van der Waals surface area (Å²) in [6.07, 6.45) is 32.8. The van der Waals surface area contributed by atoms with Gasteiger partial charge < -0.3 is 19.7 Å². The lowest BCUT2D eigenvalue weighted by Crippen LogP contribution is -2.22. The highest BCUT2D eigenvalue weighted by atomic mass is 16.7. The molecule has 0 aromatic rings. The Bertz CT molecular complexity index is 1080. The molecule has 3 atom stereocenters. The smallest absolute Gasteiger partial charge is 0.189 e. The second-order valence-electron chi connectivity index (χ2n) is 12.5. The minimum atomic E-state index is -0.0972. The summed E-state index contributed by atoms with van der Waals surface area (Å²) in [6.45, 7) is 10.2. The van der Waals surface area contributed by atoms with Crippen LogP contribution in [0.25, 0.3) is 0 Å². The van der Waals surface area contributed by atoms with Crippen LogP contribution < -0.4 is 0 Å². The van der Waals surface area contributed by atoms with E-state index in [1.807, 2.05) is 6.08 Å². The van der Waals surface area contributed by atoms with Crippen LogP contribution in [0.2, 0.25) is 0 Å². The van der Waals surface area contributed by atoms with Crippen molar-refractivity contribution in [3.05, 3.63) is 95.4 Å². The first-order valence-electron chi connectivity index (χ1n) is 16.0. The van der Waals surface area contributed by atoms with E-state index in [4.69, 9.17) is 14.6 Å². The molecule has 4 rings (SSSR count). The van der Waals surface area contributed by atoms with Gasteiger partial charge in [0.05, 0.1) is 19.8 Å². The number of hydrogen-bond donors (Lipinski definition) is 2. The molecule has 1 fully saturated rings. The molecule has 41 heavy (non-hydrogen) atoms. The minimum absolute atomic E-state index is 0.0719. The Labute approximate surface area is 248 Å². The van der Waals surface area contributed by atoms with Crippen LogP contribution in [0.5, 0.6) is 0 Å². The number of aliphatic hydroxyl groups excluding tert-OH is 2. The average molecular weight is 561 g/mol. The van der Waals surface area contributed by atoms with Crippen molar-refractivity contribution in [2.24, 2.45) is 29.6 Å². The predicted molar refractivity (Wildman–Crippen MR) is 169 cm³/mol. The van der Waals surface area contributed by atoms with Crippen LogP contribution >= 0.6 is 0 Å². The molecular weight excluding hydrogens is 508 g/mol. The van der Waals surface area contributed by atoms with Crippen molar-refractivity contribution < 1.29 is 19.7 Å². The van der Waals surface area contributed by atoms with E-state index in [0.29, 0.717) is 17.1 Å². The minimum Gasteiger partial charge on any atom is -0.468 e. The molecule has 224 valence electrons. The van der Waals surface area contributed by atoms with Crippen LogP contribution in [0.4, 0.5) is 0 Å². The van der Waals surface area contributed by atoms with Crippen molar-refractivity contribution in [2.75, 3.05) is 26.6 Å². The quantitative estimate of drug-likeness (QED) is 0.120. The maximum absolute atomic E-state index is 9.70. The number of hydrogen-bond acceptors (Lipinski definition) is 4. The van der Waals surface area contributed by atoms with Gasteiger partial charge in [-0.2, -0.15) is 0 Å². The molecule has 0 saturated heterocycles. The molecule has 0 aromatic carbocycles. The summed E-state index contributed by atoms with van der Waals surface area (Å²) in [5.41, 5.74) is 5.07. The fraction of sp³-hybridized carbons (Fsp3) is 0.568. The highest BCUT2D eigenvalue weighted by Gasteiger charge is 2.28. The zero-order chi connectivity index (χ0) is 29.0. The van der Waals surface area contributed by atoms with Crippen LogP contribution in [0, 0.1) is 29.6 Å². The van der Waals surface area contributed by atoms with Gasteiger partial charge in [-0.15, -0.1) is 0 Å². The Morgan fingerprint density at radius 2 is 1.68 bits per heavy atom. The van der Waals surface area contributed by atoms with E-state index in [1.54, 1.807) is 0 Å². The molecule has 0 spiro atoms. The number of allylic oxidation sites excluding steroid dienone is 10. The first-order valence-corrected chi connectivity index (χ1v) is 16.0. The van der Waals surface area contributed by atoms with Gasteiger partial charge in [-0.05, 0) is 89.9 Å². The normalized spacial score (nSPS) is 27.9. The molecule has 4 aliphatic rings. The average Bonchev–Trinajstić information content (AvgIpc) is 3.03.